The van der Waals surface area contributed by atoms with Crippen molar-refractivity contribution in [2.45, 2.75) is 38.8 Å². The zero-order valence-corrected chi connectivity index (χ0v) is 12.7. The lowest BCUT2D eigenvalue weighted by atomic mass is 10.2. The molecule has 0 aliphatic rings. The Bertz CT molecular complexity index is 321. The Morgan fingerprint density at radius 3 is 2.24 bits per heavy atom. The van der Waals surface area contributed by atoms with Gasteiger partial charge in [-0.2, -0.15) is 0 Å². The first-order chi connectivity index (χ1) is 7.95. The van der Waals surface area contributed by atoms with Crippen LogP contribution in [0.25, 0.3) is 0 Å². The lowest BCUT2D eigenvalue weighted by molar-refractivity contribution is 0.0493. The maximum Gasteiger partial charge on any atom is 0.0989 e. The van der Waals surface area contributed by atoms with E-state index in [0.717, 1.165) is 6.54 Å². The molecule has 0 amide bonds. The Labute approximate surface area is 107 Å². The third kappa shape index (κ3) is 4.62. The van der Waals surface area contributed by atoms with Crippen molar-refractivity contribution >= 4 is 8.07 Å². The predicted octanol–water partition coefficient (Wildman–Crippen LogP) is 3.36. The van der Waals surface area contributed by atoms with E-state index in [1.54, 1.807) is 7.11 Å². The second kappa shape index (κ2) is 6.33. The molecule has 1 aromatic rings. The highest BCUT2D eigenvalue weighted by atomic mass is 28.3. The summed E-state index contributed by atoms with van der Waals surface area (Å²) in [7, 11) is 0.604. The molecule has 0 heterocycles. The zero-order valence-electron chi connectivity index (χ0n) is 11.7. The fraction of sp³-hybridized carbons (Fsp3) is 0.571. The number of benzene rings is 1. The van der Waals surface area contributed by atoms with E-state index in [0.29, 0.717) is 12.4 Å². The summed E-state index contributed by atoms with van der Waals surface area (Å²) in [6.45, 7) is 11.2. The summed E-state index contributed by atoms with van der Waals surface area (Å²) in [4.78, 5) is 2.43. The van der Waals surface area contributed by atoms with Gasteiger partial charge in [0.25, 0.3) is 0 Å². The third-order valence-electron chi connectivity index (χ3n) is 3.32. The Balaban J connectivity index is 2.73. The molecule has 0 saturated heterocycles. The molecule has 0 N–H and O–H groups in total. The smallest absolute Gasteiger partial charge is 0.0989 e. The summed E-state index contributed by atoms with van der Waals surface area (Å²) in [6, 6.07) is 10.6. The van der Waals surface area contributed by atoms with Crippen LogP contribution in [-0.2, 0) is 11.3 Å². The summed E-state index contributed by atoms with van der Waals surface area (Å²) < 4.78 is 5.34. The maximum atomic E-state index is 5.34. The SMILES string of the molecule is COCN(Cc1ccccc1)C(C)[Si](C)(C)C. The maximum absolute atomic E-state index is 5.34. The largest absolute Gasteiger partial charge is 0.369 e. The van der Waals surface area contributed by atoms with Gasteiger partial charge in [-0.25, -0.2) is 0 Å². The Morgan fingerprint density at radius 1 is 1.18 bits per heavy atom. The molecule has 0 spiro atoms. The first kappa shape index (κ1) is 14.4. The van der Waals surface area contributed by atoms with Crippen molar-refractivity contribution < 1.29 is 4.74 Å². The van der Waals surface area contributed by atoms with Crippen LogP contribution < -0.4 is 0 Å². The molecule has 96 valence electrons. The normalized spacial score (nSPS) is 14.0. The molecule has 0 radical (unpaired) electrons. The molecule has 0 fully saturated rings. The zero-order chi connectivity index (χ0) is 12.9. The summed E-state index contributed by atoms with van der Waals surface area (Å²) in [5.41, 5.74) is 1.97. The van der Waals surface area contributed by atoms with E-state index in [-0.39, 0.29) is 0 Å². The fourth-order valence-electron chi connectivity index (χ4n) is 1.83. The number of methoxy groups -OCH3 is 1. The molecule has 0 aromatic heterocycles. The lowest BCUT2D eigenvalue weighted by Crippen LogP contribution is -2.49. The Morgan fingerprint density at radius 2 is 1.76 bits per heavy atom. The quantitative estimate of drug-likeness (QED) is 0.568. The number of nitrogens with zero attached hydrogens (tertiary/aromatic N) is 1. The summed E-state index contributed by atoms with van der Waals surface area (Å²) in [5, 5.41) is 0. The highest BCUT2D eigenvalue weighted by Crippen LogP contribution is 2.17. The molecule has 0 saturated carbocycles. The molecule has 0 bridgehead atoms. The van der Waals surface area contributed by atoms with E-state index < -0.39 is 8.07 Å². The van der Waals surface area contributed by atoms with Crippen molar-refractivity contribution in [1.29, 1.82) is 0 Å². The minimum absolute atomic E-state index is 0.614. The van der Waals surface area contributed by atoms with Gasteiger partial charge in [0.05, 0.1) is 14.8 Å². The molecule has 1 aromatic carbocycles. The Kier molecular flexibility index (Phi) is 5.37. The highest BCUT2D eigenvalue weighted by molar-refractivity contribution is 6.77. The van der Waals surface area contributed by atoms with Crippen LogP contribution >= 0.6 is 0 Å². The van der Waals surface area contributed by atoms with Crippen molar-refractivity contribution in [2.24, 2.45) is 0 Å². The van der Waals surface area contributed by atoms with Crippen molar-refractivity contribution in [3.63, 3.8) is 0 Å². The fourth-order valence-corrected chi connectivity index (χ4v) is 3.09. The molecular formula is C14H25NOSi. The van der Waals surface area contributed by atoms with Gasteiger partial charge in [-0.15, -0.1) is 0 Å². The average Bonchev–Trinajstić information content (AvgIpc) is 2.28. The van der Waals surface area contributed by atoms with Gasteiger partial charge < -0.3 is 4.74 Å². The highest BCUT2D eigenvalue weighted by Gasteiger charge is 2.27. The molecule has 17 heavy (non-hydrogen) atoms. The van der Waals surface area contributed by atoms with E-state index in [1.165, 1.54) is 5.56 Å². The standard InChI is InChI=1S/C14H25NOSi/c1-13(17(3,4)5)15(12-16-2)11-14-9-7-6-8-10-14/h6-10,13H,11-12H2,1-5H3. The summed E-state index contributed by atoms with van der Waals surface area (Å²) in [6.07, 6.45) is 0. The molecule has 1 atom stereocenters. The predicted molar refractivity (Wildman–Crippen MR) is 76.7 cm³/mol. The molecule has 1 unspecified atom stereocenters. The monoisotopic (exact) mass is 251 g/mol. The van der Waals surface area contributed by atoms with Gasteiger partial charge in [0, 0.05) is 19.3 Å². The lowest BCUT2D eigenvalue weighted by Gasteiger charge is -2.36. The van der Waals surface area contributed by atoms with Gasteiger partial charge in [0.1, 0.15) is 0 Å². The topological polar surface area (TPSA) is 12.5 Å². The van der Waals surface area contributed by atoms with Gasteiger partial charge in [0.15, 0.2) is 0 Å². The van der Waals surface area contributed by atoms with Gasteiger partial charge in [-0.1, -0.05) is 56.9 Å². The molecule has 0 aliphatic heterocycles. The second-order valence-electron chi connectivity index (χ2n) is 5.69. The van der Waals surface area contributed by atoms with Crippen LogP contribution in [0.4, 0.5) is 0 Å². The minimum atomic E-state index is -1.17. The first-order valence-electron chi connectivity index (χ1n) is 6.22. The van der Waals surface area contributed by atoms with E-state index in [9.17, 15) is 0 Å². The van der Waals surface area contributed by atoms with Crippen LogP contribution in [0.2, 0.25) is 19.6 Å². The van der Waals surface area contributed by atoms with E-state index in [1.807, 2.05) is 0 Å². The van der Waals surface area contributed by atoms with E-state index in [4.69, 9.17) is 4.74 Å². The Hall–Kier alpha value is -0.643. The second-order valence-corrected chi connectivity index (χ2v) is 11.3. The number of hydrogen-bond donors (Lipinski definition) is 0. The molecule has 2 nitrogen and oxygen atoms in total. The molecule has 0 aliphatic carbocycles. The summed E-state index contributed by atoms with van der Waals surface area (Å²) in [5.74, 6) is 0. The van der Waals surface area contributed by atoms with Gasteiger partial charge in [-0.05, 0) is 5.56 Å². The number of hydrogen-bond acceptors (Lipinski definition) is 2. The van der Waals surface area contributed by atoms with Gasteiger partial charge in [0.2, 0.25) is 0 Å². The number of rotatable bonds is 6. The van der Waals surface area contributed by atoms with Crippen LogP contribution in [-0.4, -0.2) is 32.5 Å². The van der Waals surface area contributed by atoms with Gasteiger partial charge >= 0.3 is 0 Å². The molecule has 1 rings (SSSR count). The molecule has 3 heteroatoms. The van der Waals surface area contributed by atoms with Crippen LogP contribution in [0.1, 0.15) is 12.5 Å². The minimum Gasteiger partial charge on any atom is -0.369 e. The van der Waals surface area contributed by atoms with Crippen molar-refractivity contribution in [2.75, 3.05) is 13.8 Å². The van der Waals surface area contributed by atoms with Crippen LogP contribution in [0.15, 0.2) is 30.3 Å². The summed E-state index contributed by atoms with van der Waals surface area (Å²) >= 11 is 0. The molecular weight excluding hydrogens is 226 g/mol. The van der Waals surface area contributed by atoms with Crippen molar-refractivity contribution in [3.8, 4) is 0 Å². The third-order valence-corrected chi connectivity index (χ3v) is 6.20. The van der Waals surface area contributed by atoms with Gasteiger partial charge in [-0.3, -0.25) is 4.90 Å². The van der Waals surface area contributed by atoms with Crippen LogP contribution in [0.3, 0.4) is 0 Å². The average molecular weight is 251 g/mol. The first-order valence-corrected chi connectivity index (χ1v) is 9.80. The van der Waals surface area contributed by atoms with E-state index >= 15 is 0 Å². The van der Waals surface area contributed by atoms with Crippen molar-refractivity contribution in [1.82, 2.24) is 4.90 Å². The van der Waals surface area contributed by atoms with Crippen LogP contribution in [0.5, 0.6) is 0 Å². The van der Waals surface area contributed by atoms with Crippen molar-refractivity contribution in [3.05, 3.63) is 35.9 Å². The van der Waals surface area contributed by atoms with E-state index in [2.05, 4.69) is 61.8 Å². The van der Waals surface area contributed by atoms with Crippen LogP contribution in [0, 0.1) is 0 Å². The number of ether oxygens (including phenoxy) is 1.